The van der Waals surface area contributed by atoms with Crippen LogP contribution in [0.1, 0.15) is 31.1 Å². The molecule has 5 nitrogen and oxygen atoms in total. The Morgan fingerprint density at radius 1 is 1.37 bits per heavy atom. The molecule has 102 valence electrons. The zero-order valence-electron chi connectivity index (χ0n) is 10.8. The van der Waals surface area contributed by atoms with Crippen LogP contribution in [0.4, 0.5) is 5.13 Å². The Bertz CT molecular complexity index is 504. The van der Waals surface area contributed by atoms with Crippen LogP contribution < -0.4 is 5.73 Å². The van der Waals surface area contributed by atoms with Crippen molar-refractivity contribution in [2.75, 3.05) is 5.73 Å². The lowest BCUT2D eigenvalue weighted by Crippen LogP contribution is -2.31. The fourth-order valence-corrected chi connectivity index (χ4v) is 3.91. The molecule has 2 N–H and O–H groups in total. The number of amides is 2. The van der Waals surface area contributed by atoms with E-state index in [2.05, 4.69) is 11.9 Å². The number of carbonyl (C=O) groups is 2. The molecule has 0 bridgehead atoms. The molecule has 1 aromatic rings. The molecule has 1 saturated carbocycles. The molecule has 2 atom stereocenters. The van der Waals surface area contributed by atoms with Crippen LogP contribution in [0.2, 0.25) is 0 Å². The van der Waals surface area contributed by atoms with Crippen LogP contribution in [0.25, 0.3) is 0 Å². The summed E-state index contributed by atoms with van der Waals surface area (Å²) >= 11 is 1.33. The van der Waals surface area contributed by atoms with Gasteiger partial charge in [0.25, 0.3) is 0 Å². The summed E-state index contributed by atoms with van der Waals surface area (Å²) in [5.41, 5.74) is 5.57. The zero-order chi connectivity index (χ0) is 13.6. The minimum atomic E-state index is -0.0808. The monoisotopic (exact) mass is 279 g/mol. The second-order valence-corrected chi connectivity index (χ2v) is 6.53. The van der Waals surface area contributed by atoms with Crippen LogP contribution in [0.3, 0.4) is 0 Å². The molecular weight excluding hydrogens is 262 g/mol. The van der Waals surface area contributed by atoms with E-state index in [9.17, 15) is 9.59 Å². The van der Waals surface area contributed by atoms with E-state index in [1.54, 1.807) is 6.20 Å². The van der Waals surface area contributed by atoms with Crippen molar-refractivity contribution in [3.8, 4) is 0 Å². The van der Waals surface area contributed by atoms with Gasteiger partial charge in [-0.1, -0.05) is 13.3 Å². The molecular formula is C13H17N3O2S. The van der Waals surface area contributed by atoms with Crippen molar-refractivity contribution in [3.63, 3.8) is 0 Å². The number of rotatable bonds is 3. The Hall–Kier alpha value is -1.43. The number of hydrogen-bond donors (Lipinski definition) is 1. The first kappa shape index (κ1) is 12.6. The lowest BCUT2D eigenvalue weighted by Gasteiger charge is -2.16. The van der Waals surface area contributed by atoms with E-state index in [0.29, 0.717) is 17.6 Å². The molecule has 0 spiro atoms. The van der Waals surface area contributed by atoms with Gasteiger partial charge < -0.3 is 5.73 Å². The van der Waals surface area contributed by atoms with E-state index in [4.69, 9.17) is 5.73 Å². The van der Waals surface area contributed by atoms with E-state index in [-0.39, 0.29) is 23.7 Å². The minimum Gasteiger partial charge on any atom is -0.375 e. The van der Waals surface area contributed by atoms with Crippen LogP contribution in [-0.4, -0.2) is 21.7 Å². The average molecular weight is 279 g/mol. The maximum absolute atomic E-state index is 12.3. The number of nitrogen functional groups attached to an aromatic ring is 1. The van der Waals surface area contributed by atoms with E-state index < -0.39 is 0 Å². The SMILES string of the molecule is CCC1CC2C(=O)N(Cc3cnc(N)s3)C(=O)C2C1. The number of fused-ring (bicyclic) bond motifs is 1. The predicted molar refractivity (Wildman–Crippen MR) is 72.1 cm³/mol. The van der Waals surface area contributed by atoms with Crippen LogP contribution in [-0.2, 0) is 16.1 Å². The molecule has 2 amide bonds. The molecule has 6 heteroatoms. The van der Waals surface area contributed by atoms with Crippen molar-refractivity contribution in [1.29, 1.82) is 0 Å². The molecule has 1 aliphatic heterocycles. The molecule has 2 aliphatic rings. The third-order valence-electron chi connectivity index (χ3n) is 4.29. The number of carbonyl (C=O) groups excluding carboxylic acids is 2. The van der Waals surface area contributed by atoms with Gasteiger partial charge >= 0.3 is 0 Å². The summed E-state index contributed by atoms with van der Waals surface area (Å²) in [5.74, 6) is 0.366. The lowest BCUT2D eigenvalue weighted by molar-refractivity contribution is -0.141. The number of nitrogens with two attached hydrogens (primary N) is 1. The quantitative estimate of drug-likeness (QED) is 0.853. The van der Waals surface area contributed by atoms with Gasteiger partial charge in [-0.25, -0.2) is 4.98 Å². The highest BCUT2D eigenvalue weighted by atomic mass is 32.1. The first-order chi connectivity index (χ1) is 9.10. The zero-order valence-corrected chi connectivity index (χ0v) is 11.7. The highest BCUT2D eigenvalue weighted by Crippen LogP contribution is 2.44. The molecule has 2 unspecified atom stereocenters. The van der Waals surface area contributed by atoms with Crippen molar-refractivity contribution in [2.45, 2.75) is 32.7 Å². The number of aromatic nitrogens is 1. The number of thiazole rings is 1. The average Bonchev–Trinajstić information content (AvgIpc) is 3.04. The molecule has 3 rings (SSSR count). The fourth-order valence-electron chi connectivity index (χ4n) is 3.24. The van der Waals surface area contributed by atoms with Crippen molar-refractivity contribution >= 4 is 28.3 Å². The van der Waals surface area contributed by atoms with Gasteiger partial charge in [-0.2, -0.15) is 0 Å². The number of imide groups is 1. The number of likely N-dealkylation sites (tertiary alicyclic amines) is 1. The van der Waals surface area contributed by atoms with Gasteiger partial charge in [0.1, 0.15) is 0 Å². The first-order valence-electron chi connectivity index (χ1n) is 6.65. The Morgan fingerprint density at radius 3 is 2.47 bits per heavy atom. The molecule has 1 aromatic heterocycles. The van der Waals surface area contributed by atoms with Crippen molar-refractivity contribution in [2.24, 2.45) is 17.8 Å². The van der Waals surface area contributed by atoms with E-state index >= 15 is 0 Å². The summed E-state index contributed by atoms with van der Waals surface area (Å²) in [6.45, 7) is 2.45. The summed E-state index contributed by atoms with van der Waals surface area (Å²) in [7, 11) is 0. The van der Waals surface area contributed by atoms with Gasteiger partial charge in [0.05, 0.1) is 18.4 Å². The minimum absolute atomic E-state index is 0.00192. The molecule has 0 radical (unpaired) electrons. The lowest BCUT2D eigenvalue weighted by atomic mass is 10.00. The smallest absolute Gasteiger partial charge is 0.233 e. The van der Waals surface area contributed by atoms with Crippen LogP contribution in [0.15, 0.2) is 6.20 Å². The summed E-state index contributed by atoms with van der Waals surface area (Å²) in [6, 6.07) is 0. The Morgan fingerprint density at radius 2 is 2.00 bits per heavy atom. The molecule has 1 saturated heterocycles. The normalized spacial score (nSPS) is 30.2. The second-order valence-electron chi connectivity index (χ2n) is 5.39. The van der Waals surface area contributed by atoms with E-state index in [1.807, 2.05) is 0 Å². The summed E-state index contributed by atoms with van der Waals surface area (Å²) in [5, 5.41) is 0.473. The number of hydrogen-bond acceptors (Lipinski definition) is 5. The highest BCUT2D eigenvalue weighted by Gasteiger charge is 2.52. The van der Waals surface area contributed by atoms with Crippen molar-refractivity contribution in [3.05, 3.63) is 11.1 Å². The fraction of sp³-hybridized carbons (Fsp3) is 0.615. The molecule has 19 heavy (non-hydrogen) atoms. The van der Waals surface area contributed by atoms with Gasteiger partial charge in [-0.3, -0.25) is 14.5 Å². The van der Waals surface area contributed by atoms with Crippen molar-refractivity contribution < 1.29 is 9.59 Å². The number of anilines is 1. The Kier molecular flexibility index (Phi) is 3.05. The summed E-state index contributed by atoms with van der Waals surface area (Å²) in [4.78, 5) is 30.9. The molecule has 2 fully saturated rings. The third-order valence-corrected chi connectivity index (χ3v) is 5.10. The van der Waals surface area contributed by atoms with Gasteiger partial charge in [-0.05, 0) is 18.8 Å². The standard InChI is InChI=1S/C13H17N3O2S/c1-2-7-3-9-10(4-7)12(18)16(11(9)17)6-8-5-15-13(14)19-8/h5,7,9-10H,2-4,6H2,1H3,(H2,14,15). The van der Waals surface area contributed by atoms with Crippen LogP contribution in [0.5, 0.6) is 0 Å². The van der Waals surface area contributed by atoms with E-state index in [1.165, 1.54) is 16.2 Å². The molecule has 2 heterocycles. The Balaban J connectivity index is 1.75. The van der Waals surface area contributed by atoms with Gasteiger partial charge in [0.2, 0.25) is 11.8 Å². The predicted octanol–water partition coefficient (Wildman–Crippen LogP) is 1.65. The van der Waals surface area contributed by atoms with Crippen LogP contribution in [0, 0.1) is 17.8 Å². The van der Waals surface area contributed by atoms with Gasteiger partial charge in [-0.15, -0.1) is 11.3 Å². The van der Waals surface area contributed by atoms with Gasteiger partial charge in [0.15, 0.2) is 5.13 Å². The molecule has 0 aromatic carbocycles. The highest BCUT2D eigenvalue weighted by molar-refractivity contribution is 7.15. The first-order valence-corrected chi connectivity index (χ1v) is 7.47. The maximum atomic E-state index is 12.3. The maximum Gasteiger partial charge on any atom is 0.233 e. The van der Waals surface area contributed by atoms with Gasteiger partial charge in [0, 0.05) is 11.1 Å². The Labute approximate surface area is 115 Å². The topological polar surface area (TPSA) is 76.3 Å². The summed E-state index contributed by atoms with van der Waals surface area (Å²) < 4.78 is 0. The summed E-state index contributed by atoms with van der Waals surface area (Å²) in [6.07, 6.45) is 4.43. The van der Waals surface area contributed by atoms with Crippen LogP contribution >= 0.6 is 11.3 Å². The molecule has 1 aliphatic carbocycles. The second kappa shape index (κ2) is 4.59. The number of nitrogens with zero attached hydrogens (tertiary/aromatic N) is 2. The van der Waals surface area contributed by atoms with E-state index in [0.717, 1.165) is 24.1 Å². The van der Waals surface area contributed by atoms with Crippen molar-refractivity contribution in [1.82, 2.24) is 9.88 Å². The third kappa shape index (κ3) is 2.04. The largest absolute Gasteiger partial charge is 0.375 e.